The fourth-order valence-electron chi connectivity index (χ4n) is 2.87. The summed E-state index contributed by atoms with van der Waals surface area (Å²) in [6, 6.07) is 9.67. The van der Waals surface area contributed by atoms with Crippen molar-refractivity contribution < 1.29 is 5.11 Å². The number of para-hydroxylation sites is 1. The van der Waals surface area contributed by atoms with E-state index >= 15 is 0 Å². The largest absolute Gasteiger partial charge is 0.506 e. The molecule has 0 spiro atoms. The van der Waals surface area contributed by atoms with Crippen LogP contribution in [0.3, 0.4) is 0 Å². The zero-order chi connectivity index (χ0) is 13.9. The number of hydrogen-bond acceptors (Lipinski definition) is 3. The normalized spacial score (nSPS) is 17.6. The Balaban J connectivity index is 1.67. The highest BCUT2D eigenvalue weighted by atomic mass is 16.3. The number of piperidine rings is 1. The lowest BCUT2D eigenvalue weighted by atomic mass is 9.99. The van der Waals surface area contributed by atoms with Crippen LogP contribution >= 0.6 is 0 Å². The van der Waals surface area contributed by atoms with E-state index in [9.17, 15) is 5.11 Å². The second kappa shape index (κ2) is 5.80. The molecule has 20 heavy (non-hydrogen) atoms. The minimum Gasteiger partial charge on any atom is -0.506 e. The number of aromatic nitrogens is 1. The van der Waals surface area contributed by atoms with Crippen molar-refractivity contribution in [2.45, 2.75) is 26.2 Å². The molecule has 0 radical (unpaired) electrons. The van der Waals surface area contributed by atoms with Gasteiger partial charge in [-0.1, -0.05) is 25.1 Å². The van der Waals surface area contributed by atoms with Crippen molar-refractivity contribution in [3.8, 4) is 5.75 Å². The maximum Gasteiger partial charge on any atom is 0.141 e. The Kier molecular flexibility index (Phi) is 3.88. The van der Waals surface area contributed by atoms with Gasteiger partial charge in [0.1, 0.15) is 11.3 Å². The van der Waals surface area contributed by atoms with E-state index in [1.165, 1.54) is 25.9 Å². The summed E-state index contributed by atoms with van der Waals surface area (Å²) in [5.74, 6) is 1.15. The molecule has 0 amide bonds. The predicted octanol–water partition coefficient (Wildman–Crippen LogP) is 3.21. The molecule has 106 valence electrons. The van der Waals surface area contributed by atoms with Crippen LogP contribution in [-0.4, -0.2) is 34.6 Å². The van der Waals surface area contributed by atoms with Gasteiger partial charge >= 0.3 is 0 Å². The molecule has 0 unspecified atom stereocenters. The third kappa shape index (κ3) is 2.93. The van der Waals surface area contributed by atoms with Crippen LogP contribution in [0.15, 0.2) is 30.3 Å². The van der Waals surface area contributed by atoms with Crippen LogP contribution in [0.4, 0.5) is 0 Å². The highest BCUT2D eigenvalue weighted by Crippen LogP contribution is 2.22. The van der Waals surface area contributed by atoms with Gasteiger partial charge < -0.3 is 10.0 Å². The van der Waals surface area contributed by atoms with Gasteiger partial charge in [0.05, 0.1) is 0 Å². The van der Waals surface area contributed by atoms with Crippen molar-refractivity contribution in [2.75, 3.05) is 19.6 Å². The van der Waals surface area contributed by atoms with E-state index in [4.69, 9.17) is 0 Å². The van der Waals surface area contributed by atoms with Gasteiger partial charge in [-0.25, -0.2) is 4.98 Å². The average Bonchev–Trinajstić information content (AvgIpc) is 2.47. The number of pyridine rings is 1. The molecule has 0 saturated carbocycles. The Morgan fingerprint density at radius 1 is 1.20 bits per heavy atom. The van der Waals surface area contributed by atoms with Crippen LogP contribution in [0, 0.1) is 5.92 Å². The summed E-state index contributed by atoms with van der Waals surface area (Å²) in [5.41, 5.74) is 1.79. The summed E-state index contributed by atoms with van der Waals surface area (Å²) >= 11 is 0. The topological polar surface area (TPSA) is 36.4 Å². The van der Waals surface area contributed by atoms with Gasteiger partial charge in [0, 0.05) is 24.0 Å². The molecule has 0 aliphatic carbocycles. The predicted molar refractivity (Wildman–Crippen MR) is 81.9 cm³/mol. The summed E-state index contributed by atoms with van der Waals surface area (Å²) in [6.07, 6.45) is 3.58. The minimum absolute atomic E-state index is 0.274. The molecule has 1 saturated heterocycles. The molecule has 2 heterocycles. The first-order valence-corrected chi connectivity index (χ1v) is 7.52. The lowest BCUT2D eigenvalue weighted by Gasteiger charge is -2.29. The number of rotatable bonds is 3. The molecule has 1 aromatic heterocycles. The van der Waals surface area contributed by atoms with Gasteiger partial charge in [-0.15, -0.1) is 0 Å². The molecule has 3 heteroatoms. The molecule has 3 nitrogen and oxygen atoms in total. The number of phenolic OH excluding ortho intramolecular Hbond substituents is 1. The van der Waals surface area contributed by atoms with Gasteiger partial charge in [-0.05, 0) is 44.0 Å². The van der Waals surface area contributed by atoms with Crippen LogP contribution in [-0.2, 0) is 6.42 Å². The van der Waals surface area contributed by atoms with Crippen LogP contribution in [0.2, 0.25) is 0 Å². The van der Waals surface area contributed by atoms with Crippen molar-refractivity contribution in [3.63, 3.8) is 0 Å². The average molecular weight is 270 g/mol. The van der Waals surface area contributed by atoms with Gasteiger partial charge in [-0.3, -0.25) is 0 Å². The standard InChI is InChI=1S/C17H22N2O/c1-13-7-10-19(11-8-13)12-9-15-6-5-14-3-2-4-16(20)17(14)18-15/h2-6,13,20H,7-12H2,1H3. The maximum atomic E-state index is 9.87. The minimum atomic E-state index is 0.274. The molecular formula is C17H22N2O. The van der Waals surface area contributed by atoms with Gasteiger partial charge in [-0.2, -0.15) is 0 Å². The van der Waals surface area contributed by atoms with Crippen molar-refractivity contribution in [3.05, 3.63) is 36.0 Å². The SMILES string of the molecule is CC1CCN(CCc2ccc3cccc(O)c3n2)CC1. The molecule has 1 aromatic carbocycles. The Bertz CT molecular complexity index is 589. The van der Waals surface area contributed by atoms with E-state index in [1.807, 2.05) is 12.1 Å². The molecule has 1 aliphatic rings. The zero-order valence-corrected chi connectivity index (χ0v) is 12.0. The molecule has 3 rings (SSSR count). The van der Waals surface area contributed by atoms with Gasteiger partial charge in [0.2, 0.25) is 0 Å². The van der Waals surface area contributed by atoms with Crippen molar-refractivity contribution in [2.24, 2.45) is 5.92 Å². The van der Waals surface area contributed by atoms with E-state index in [-0.39, 0.29) is 5.75 Å². The lowest BCUT2D eigenvalue weighted by molar-refractivity contribution is 0.194. The Morgan fingerprint density at radius 2 is 2.00 bits per heavy atom. The molecule has 1 aliphatic heterocycles. The summed E-state index contributed by atoms with van der Waals surface area (Å²) in [4.78, 5) is 7.12. The number of phenols is 1. The highest BCUT2D eigenvalue weighted by molar-refractivity contribution is 5.84. The Hall–Kier alpha value is -1.61. The maximum absolute atomic E-state index is 9.87. The third-order valence-electron chi connectivity index (χ3n) is 4.32. The monoisotopic (exact) mass is 270 g/mol. The summed E-state index contributed by atoms with van der Waals surface area (Å²) < 4.78 is 0. The second-order valence-electron chi connectivity index (χ2n) is 5.93. The Morgan fingerprint density at radius 3 is 2.80 bits per heavy atom. The van der Waals surface area contributed by atoms with Crippen molar-refractivity contribution in [1.29, 1.82) is 0 Å². The zero-order valence-electron chi connectivity index (χ0n) is 12.0. The second-order valence-corrected chi connectivity index (χ2v) is 5.93. The number of benzene rings is 1. The molecular weight excluding hydrogens is 248 g/mol. The fourth-order valence-corrected chi connectivity index (χ4v) is 2.87. The van der Waals surface area contributed by atoms with E-state index in [0.717, 1.165) is 35.5 Å². The van der Waals surface area contributed by atoms with Crippen molar-refractivity contribution in [1.82, 2.24) is 9.88 Å². The fraction of sp³-hybridized carbons (Fsp3) is 0.471. The van der Waals surface area contributed by atoms with E-state index in [0.29, 0.717) is 0 Å². The third-order valence-corrected chi connectivity index (χ3v) is 4.32. The van der Waals surface area contributed by atoms with E-state index in [1.54, 1.807) is 6.07 Å². The molecule has 2 aromatic rings. The quantitative estimate of drug-likeness (QED) is 0.930. The number of fused-ring (bicyclic) bond motifs is 1. The molecule has 1 N–H and O–H groups in total. The van der Waals surface area contributed by atoms with E-state index < -0.39 is 0 Å². The van der Waals surface area contributed by atoms with Crippen LogP contribution in [0.1, 0.15) is 25.5 Å². The Labute approximate surface area is 120 Å². The van der Waals surface area contributed by atoms with Gasteiger partial charge in [0.25, 0.3) is 0 Å². The first-order chi connectivity index (χ1) is 9.72. The van der Waals surface area contributed by atoms with Crippen LogP contribution in [0.25, 0.3) is 10.9 Å². The number of likely N-dealkylation sites (tertiary alicyclic amines) is 1. The summed E-state index contributed by atoms with van der Waals surface area (Å²) in [6.45, 7) is 5.82. The number of aromatic hydroxyl groups is 1. The van der Waals surface area contributed by atoms with E-state index in [2.05, 4.69) is 28.9 Å². The molecule has 1 fully saturated rings. The van der Waals surface area contributed by atoms with Gasteiger partial charge in [0.15, 0.2) is 0 Å². The molecule has 0 bridgehead atoms. The highest BCUT2D eigenvalue weighted by Gasteiger charge is 2.15. The number of nitrogens with zero attached hydrogens (tertiary/aromatic N) is 2. The first kappa shape index (κ1) is 13.4. The first-order valence-electron chi connectivity index (χ1n) is 7.52. The van der Waals surface area contributed by atoms with Crippen LogP contribution in [0.5, 0.6) is 5.75 Å². The smallest absolute Gasteiger partial charge is 0.141 e. The van der Waals surface area contributed by atoms with Crippen LogP contribution < -0.4 is 0 Å². The summed E-state index contributed by atoms with van der Waals surface area (Å²) in [7, 11) is 0. The molecule has 0 atom stereocenters. The van der Waals surface area contributed by atoms with Crippen molar-refractivity contribution >= 4 is 10.9 Å². The lowest BCUT2D eigenvalue weighted by Crippen LogP contribution is -2.34. The number of hydrogen-bond donors (Lipinski definition) is 1. The summed E-state index contributed by atoms with van der Waals surface area (Å²) in [5, 5.41) is 10.9.